The van der Waals surface area contributed by atoms with E-state index in [1.807, 2.05) is 6.92 Å². The molecule has 0 saturated carbocycles. The maximum atomic E-state index is 11.7. The number of carbonyl (C=O) groups is 1. The van der Waals surface area contributed by atoms with E-state index in [2.05, 4.69) is 9.50 Å². The summed E-state index contributed by atoms with van der Waals surface area (Å²) in [6.45, 7) is 2.48. The van der Waals surface area contributed by atoms with Gasteiger partial charge in [0.25, 0.3) is 16.0 Å². The van der Waals surface area contributed by atoms with Crippen molar-refractivity contribution in [1.82, 2.24) is 5.32 Å². The van der Waals surface area contributed by atoms with Crippen molar-refractivity contribution < 1.29 is 22.1 Å². The number of rotatable bonds is 7. The molecular weight excluding hydrogens is 270 g/mol. The van der Waals surface area contributed by atoms with Crippen LogP contribution in [0.15, 0.2) is 24.3 Å². The Morgan fingerprint density at radius 1 is 1.26 bits per heavy atom. The second-order valence-corrected chi connectivity index (χ2v) is 5.38. The molecule has 1 rings (SSSR count). The zero-order valence-corrected chi connectivity index (χ0v) is 11.7. The normalized spacial score (nSPS) is 11.1. The van der Waals surface area contributed by atoms with Gasteiger partial charge >= 0.3 is 0 Å². The first-order valence-electron chi connectivity index (χ1n) is 5.78. The van der Waals surface area contributed by atoms with E-state index >= 15 is 0 Å². The van der Waals surface area contributed by atoms with Crippen LogP contribution in [0.5, 0.6) is 5.75 Å². The van der Waals surface area contributed by atoms with Crippen molar-refractivity contribution in [3.05, 3.63) is 29.8 Å². The highest BCUT2D eigenvalue weighted by atomic mass is 32.2. The van der Waals surface area contributed by atoms with Crippen LogP contribution in [0, 0.1) is 0 Å². The number of benzene rings is 1. The molecule has 0 aromatic heterocycles. The Labute approximate surface area is 112 Å². The smallest absolute Gasteiger partial charge is 0.264 e. The van der Waals surface area contributed by atoms with E-state index < -0.39 is 10.1 Å². The summed E-state index contributed by atoms with van der Waals surface area (Å²) in [5.74, 6) is 0.402. The first-order chi connectivity index (χ1) is 8.92. The molecule has 1 aromatic carbocycles. The van der Waals surface area contributed by atoms with Crippen molar-refractivity contribution >= 4 is 16.0 Å². The number of hydrogen-bond acceptors (Lipinski definition) is 5. The molecule has 19 heavy (non-hydrogen) atoms. The third-order valence-electron chi connectivity index (χ3n) is 2.11. The van der Waals surface area contributed by atoms with Crippen molar-refractivity contribution in [3.8, 4) is 5.75 Å². The lowest BCUT2D eigenvalue weighted by Gasteiger charge is -2.06. The molecule has 1 amide bonds. The van der Waals surface area contributed by atoms with Gasteiger partial charge in [0.1, 0.15) is 5.75 Å². The summed E-state index contributed by atoms with van der Waals surface area (Å²) in [6, 6.07) is 6.67. The van der Waals surface area contributed by atoms with Crippen LogP contribution in [0.25, 0.3) is 0 Å². The minimum Gasteiger partial charge on any atom is -0.494 e. The van der Waals surface area contributed by atoms with Gasteiger partial charge in [-0.05, 0) is 31.2 Å². The fraction of sp³-hybridized carbons (Fsp3) is 0.417. The average Bonchev–Trinajstić information content (AvgIpc) is 2.34. The van der Waals surface area contributed by atoms with Gasteiger partial charge in [0.2, 0.25) is 0 Å². The Hall–Kier alpha value is -1.60. The average molecular weight is 287 g/mol. The summed E-state index contributed by atoms with van der Waals surface area (Å²) in [4.78, 5) is 11.7. The Morgan fingerprint density at radius 2 is 1.89 bits per heavy atom. The first kappa shape index (κ1) is 15.5. The second-order valence-electron chi connectivity index (χ2n) is 3.74. The molecule has 6 nitrogen and oxygen atoms in total. The third kappa shape index (κ3) is 6.21. The van der Waals surface area contributed by atoms with Crippen LogP contribution >= 0.6 is 0 Å². The van der Waals surface area contributed by atoms with Gasteiger partial charge in [-0.25, -0.2) is 0 Å². The minimum atomic E-state index is -3.47. The summed E-state index contributed by atoms with van der Waals surface area (Å²) >= 11 is 0. The zero-order chi connectivity index (χ0) is 14.3. The predicted molar refractivity (Wildman–Crippen MR) is 70.7 cm³/mol. The molecule has 0 aliphatic heterocycles. The SMILES string of the molecule is CCOc1ccc(C(=O)NCCOS(C)(=O)=O)cc1. The maximum Gasteiger partial charge on any atom is 0.264 e. The van der Waals surface area contributed by atoms with Crippen molar-refractivity contribution in [2.24, 2.45) is 0 Å². The summed E-state index contributed by atoms with van der Waals surface area (Å²) in [7, 11) is -3.47. The molecule has 1 aromatic rings. The molecule has 0 heterocycles. The van der Waals surface area contributed by atoms with Crippen LogP contribution in [-0.2, 0) is 14.3 Å². The summed E-state index contributed by atoms with van der Waals surface area (Å²) in [5, 5.41) is 2.55. The number of amides is 1. The van der Waals surface area contributed by atoms with Gasteiger partial charge in [-0.3, -0.25) is 8.98 Å². The topological polar surface area (TPSA) is 81.7 Å². The molecule has 0 saturated heterocycles. The van der Waals surface area contributed by atoms with Crippen molar-refractivity contribution in [2.75, 3.05) is 26.0 Å². The van der Waals surface area contributed by atoms with Crippen LogP contribution < -0.4 is 10.1 Å². The molecule has 0 atom stereocenters. The molecule has 0 bridgehead atoms. The number of hydrogen-bond donors (Lipinski definition) is 1. The van der Waals surface area contributed by atoms with Crippen LogP contribution in [0.4, 0.5) is 0 Å². The quantitative estimate of drug-likeness (QED) is 0.592. The largest absolute Gasteiger partial charge is 0.494 e. The molecule has 1 N–H and O–H groups in total. The van der Waals surface area contributed by atoms with E-state index in [0.717, 1.165) is 6.26 Å². The summed E-state index contributed by atoms with van der Waals surface area (Å²) in [6.07, 6.45) is 0.960. The summed E-state index contributed by atoms with van der Waals surface area (Å²) in [5.41, 5.74) is 0.475. The van der Waals surface area contributed by atoms with Crippen molar-refractivity contribution in [1.29, 1.82) is 0 Å². The number of nitrogens with one attached hydrogen (secondary N) is 1. The number of ether oxygens (including phenoxy) is 1. The monoisotopic (exact) mass is 287 g/mol. The van der Waals surface area contributed by atoms with Crippen molar-refractivity contribution in [2.45, 2.75) is 6.92 Å². The maximum absolute atomic E-state index is 11.7. The van der Waals surface area contributed by atoms with Gasteiger partial charge in [0, 0.05) is 12.1 Å². The number of carbonyl (C=O) groups excluding carboxylic acids is 1. The molecule has 0 aliphatic rings. The van der Waals surface area contributed by atoms with E-state index in [1.165, 1.54) is 0 Å². The van der Waals surface area contributed by atoms with Crippen LogP contribution in [0.1, 0.15) is 17.3 Å². The van der Waals surface area contributed by atoms with E-state index in [1.54, 1.807) is 24.3 Å². The predicted octanol–water partition coefficient (Wildman–Crippen LogP) is 0.791. The fourth-order valence-corrected chi connectivity index (χ4v) is 1.71. The fourth-order valence-electron chi connectivity index (χ4n) is 1.33. The first-order valence-corrected chi connectivity index (χ1v) is 7.59. The van der Waals surface area contributed by atoms with Gasteiger partial charge in [0.15, 0.2) is 0 Å². The molecule has 0 spiro atoms. The molecule has 7 heteroatoms. The lowest BCUT2D eigenvalue weighted by Crippen LogP contribution is -2.27. The molecule has 0 unspecified atom stereocenters. The van der Waals surface area contributed by atoms with Gasteiger partial charge < -0.3 is 10.1 Å². The second kappa shape index (κ2) is 7.10. The highest BCUT2D eigenvalue weighted by molar-refractivity contribution is 7.85. The molecule has 106 valence electrons. The Kier molecular flexibility index (Phi) is 5.78. The van der Waals surface area contributed by atoms with Crippen LogP contribution in [-0.4, -0.2) is 40.3 Å². The minimum absolute atomic E-state index is 0.0817. The van der Waals surface area contributed by atoms with Gasteiger partial charge in [-0.15, -0.1) is 0 Å². The lowest BCUT2D eigenvalue weighted by molar-refractivity contribution is 0.0947. The standard InChI is InChI=1S/C12H17NO5S/c1-3-17-11-6-4-10(5-7-11)12(14)13-8-9-18-19(2,15)16/h4-7H,3,8-9H2,1-2H3,(H,13,14). The molecule has 0 radical (unpaired) electrons. The Bertz CT molecular complexity index is 509. The van der Waals surface area contributed by atoms with E-state index in [-0.39, 0.29) is 19.1 Å². The van der Waals surface area contributed by atoms with Gasteiger partial charge in [-0.2, -0.15) is 8.42 Å². The molecule has 0 fully saturated rings. The van der Waals surface area contributed by atoms with E-state index in [4.69, 9.17) is 4.74 Å². The van der Waals surface area contributed by atoms with Crippen molar-refractivity contribution in [3.63, 3.8) is 0 Å². The third-order valence-corrected chi connectivity index (χ3v) is 2.71. The van der Waals surface area contributed by atoms with Gasteiger partial charge in [0.05, 0.1) is 19.5 Å². The van der Waals surface area contributed by atoms with Crippen LogP contribution in [0.3, 0.4) is 0 Å². The molecule has 0 aliphatic carbocycles. The Morgan fingerprint density at radius 3 is 2.42 bits per heavy atom. The summed E-state index contributed by atoms with van der Waals surface area (Å²) < 4.78 is 31.2. The van der Waals surface area contributed by atoms with Crippen LogP contribution in [0.2, 0.25) is 0 Å². The van der Waals surface area contributed by atoms with E-state index in [9.17, 15) is 13.2 Å². The van der Waals surface area contributed by atoms with E-state index in [0.29, 0.717) is 17.9 Å². The highest BCUT2D eigenvalue weighted by Crippen LogP contribution is 2.11. The zero-order valence-electron chi connectivity index (χ0n) is 10.9. The Balaban J connectivity index is 2.41. The lowest BCUT2D eigenvalue weighted by atomic mass is 10.2. The molecular formula is C12H17NO5S. The highest BCUT2D eigenvalue weighted by Gasteiger charge is 2.06. The van der Waals surface area contributed by atoms with Gasteiger partial charge in [-0.1, -0.05) is 0 Å².